The first-order chi connectivity index (χ1) is 5.69. The highest BCUT2D eigenvalue weighted by Crippen LogP contribution is 2.27. The lowest BCUT2D eigenvalue weighted by Crippen LogP contribution is -1.96. The van der Waals surface area contributed by atoms with Crippen molar-refractivity contribution in [3.8, 4) is 11.9 Å². The highest BCUT2D eigenvalue weighted by molar-refractivity contribution is 5.90. The van der Waals surface area contributed by atoms with Gasteiger partial charge < -0.3 is 19.0 Å². The Morgan fingerprint density at radius 2 is 2.17 bits per heavy atom. The van der Waals surface area contributed by atoms with Gasteiger partial charge in [0, 0.05) is 6.07 Å². The van der Waals surface area contributed by atoms with Crippen LogP contribution in [0.25, 0.3) is 0 Å². The van der Waals surface area contributed by atoms with E-state index in [1.165, 1.54) is 20.3 Å². The molecule has 0 spiro atoms. The maximum Gasteiger partial charge on any atom is 0.343 e. The van der Waals surface area contributed by atoms with Crippen LogP contribution in [-0.4, -0.2) is 25.3 Å². The van der Waals surface area contributed by atoms with Crippen molar-refractivity contribution in [2.45, 2.75) is 0 Å². The Kier molecular flexibility index (Phi) is 2.23. The smallest absolute Gasteiger partial charge is 0.343 e. The standard InChI is InChI=1S/C7H8O5/c1-10-5-3-4(6(8)9)7(11-2)12-5/h3H,1-2H3,(H,8,9). The number of rotatable bonds is 3. The zero-order valence-electron chi connectivity index (χ0n) is 6.66. The van der Waals surface area contributed by atoms with Gasteiger partial charge in [-0.15, -0.1) is 0 Å². The van der Waals surface area contributed by atoms with Crippen molar-refractivity contribution in [3.05, 3.63) is 11.6 Å². The Bertz CT molecular complexity index is 288. The predicted octanol–water partition coefficient (Wildman–Crippen LogP) is 0.995. The van der Waals surface area contributed by atoms with Crippen LogP contribution in [-0.2, 0) is 0 Å². The van der Waals surface area contributed by atoms with Crippen LogP contribution in [0.3, 0.4) is 0 Å². The zero-order chi connectivity index (χ0) is 9.14. The third kappa shape index (κ3) is 1.34. The number of carboxylic acids is 1. The van der Waals surface area contributed by atoms with Gasteiger partial charge in [0.25, 0.3) is 5.95 Å². The van der Waals surface area contributed by atoms with E-state index in [4.69, 9.17) is 9.52 Å². The van der Waals surface area contributed by atoms with Gasteiger partial charge in [0.05, 0.1) is 14.2 Å². The van der Waals surface area contributed by atoms with Crippen LogP contribution in [0.15, 0.2) is 10.5 Å². The van der Waals surface area contributed by atoms with Crippen LogP contribution >= 0.6 is 0 Å². The minimum atomic E-state index is -1.11. The molecule has 0 radical (unpaired) electrons. The van der Waals surface area contributed by atoms with Crippen molar-refractivity contribution in [1.82, 2.24) is 0 Å². The van der Waals surface area contributed by atoms with Crippen molar-refractivity contribution in [3.63, 3.8) is 0 Å². The van der Waals surface area contributed by atoms with Crippen molar-refractivity contribution in [1.29, 1.82) is 0 Å². The molecule has 5 nitrogen and oxygen atoms in total. The summed E-state index contributed by atoms with van der Waals surface area (Å²) in [7, 11) is 2.70. The molecule has 12 heavy (non-hydrogen) atoms. The summed E-state index contributed by atoms with van der Waals surface area (Å²) in [6.07, 6.45) is 0. The quantitative estimate of drug-likeness (QED) is 0.736. The highest BCUT2D eigenvalue weighted by atomic mass is 16.6. The van der Waals surface area contributed by atoms with Gasteiger partial charge >= 0.3 is 11.9 Å². The van der Waals surface area contributed by atoms with E-state index in [9.17, 15) is 4.79 Å². The van der Waals surface area contributed by atoms with Gasteiger partial charge in [-0.05, 0) is 0 Å². The Balaban J connectivity index is 3.08. The molecular weight excluding hydrogens is 164 g/mol. The third-order valence-electron chi connectivity index (χ3n) is 1.29. The van der Waals surface area contributed by atoms with Crippen molar-refractivity contribution >= 4 is 5.97 Å². The molecule has 0 saturated carbocycles. The Morgan fingerprint density at radius 1 is 1.50 bits per heavy atom. The van der Waals surface area contributed by atoms with Crippen LogP contribution in [0.2, 0.25) is 0 Å². The van der Waals surface area contributed by atoms with Crippen LogP contribution in [0, 0.1) is 0 Å². The number of hydrogen-bond donors (Lipinski definition) is 1. The highest BCUT2D eigenvalue weighted by Gasteiger charge is 2.17. The maximum atomic E-state index is 10.5. The van der Waals surface area contributed by atoms with Gasteiger partial charge in [-0.25, -0.2) is 4.79 Å². The molecule has 0 unspecified atom stereocenters. The number of carbonyl (C=O) groups is 1. The lowest BCUT2D eigenvalue weighted by atomic mass is 10.3. The zero-order valence-corrected chi connectivity index (χ0v) is 6.66. The van der Waals surface area contributed by atoms with Crippen LogP contribution in [0.4, 0.5) is 0 Å². The minimum absolute atomic E-state index is 0.0469. The van der Waals surface area contributed by atoms with Crippen molar-refractivity contribution in [2.75, 3.05) is 14.2 Å². The van der Waals surface area contributed by atoms with E-state index >= 15 is 0 Å². The van der Waals surface area contributed by atoms with Gasteiger partial charge in [-0.1, -0.05) is 0 Å². The molecule has 1 heterocycles. The summed E-state index contributed by atoms with van der Waals surface area (Å²) >= 11 is 0. The topological polar surface area (TPSA) is 68.9 Å². The van der Waals surface area contributed by atoms with E-state index < -0.39 is 5.97 Å². The monoisotopic (exact) mass is 172 g/mol. The van der Waals surface area contributed by atoms with Gasteiger partial charge in [0.2, 0.25) is 0 Å². The summed E-state index contributed by atoms with van der Waals surface area (Å²) in [5.41, 5.74) is -0.0469. The van der Waals surface area contributed by atoms with Gasteiger partial charge in [0.15, 0.2) is 0 Å². The lowest BCUT2D eigenvalue weighted by molar-refractivity contribution is 0.0690. The average Bonchev–Trinajstić information content (AvgIpc) is 2.47. The fourth-order valence-electron chi connectivity index (χ4n) is 0.754. The summed E-state index contributed by atoms with van der Waals surface area (Å²) in [6, 6.07) is 1.25. The van der Waals surface area contributed by atoms with E-state index in [1.807, 2.05) is 0 Å². The average molecular weight is 172 g/mol. The molecule has 1 aromatic rings. The number of methoxy groups -OCH3 is 2. The van der Waals surface area contributed by atoms with Crippen molar-refractivity contribution in [2.24, 2.45) is 0 Å². The summed E-state index contributed by atoms with van der Waals surface area (Å²) < 4.78 is 14.2. The number of ether oxygens (including phenoxy) is 2. The van der Waals surface area contributed by atoms with E-state index in [2.05, 4.69) is 9.47 Å². The molecule has 0 fully saturated rings. The molecule has 0 aliphatic rings. The fraction of sp³-hybridized carbons (Fsp3) is 0.286. The van der Waals surface area contributed by atoms with Crippen molar-refractivity contribution < 1.29 is 23.8 Å². The molecule has 0 aliphatic carbocycles. The lowest BCUT2D eigenvalue weighted by Gasteiger charge is -1.93. The molecule has 0 amide bonds. The Hall–Kier alpha value is -1.65. The third-order valence-corrected chi connectivity index (χ3v) is 1.29. The van der Waals surface area contributed by atoms with E-state index in [0.29, 0.717) is 0 Å². The number of carboxylic acid groups (broad SMARTS) is 1. The Labute approximate surface area is 68.5 Å². The first kappa shape index (κ1) is 8.45. The minimum Gasteiger partial charge on any atom is -0.477 e. The number of aromatic carboxylic acids is 1. The molecule has 0 atom stereocenters. The second-order valence-corrected chi connectivity index (χ2v) is 1.98. The van der Waals surface area contributed by atoms with E-state index in [1.54, 1.807) is 0 Å². The molecule has 1 N–H and O–H groups in total. The largest absolute Gasteiger partial charge is 0.477 e. The summed E-state index contributed by atoms with van der Waals surface area (Å²) in [4.78, 5) is 10.5. The van der Waals surface area contributed by atoms with Gasteiger partial charge in [-0.2, -0.15) is 0 Å². The molecule has 0 aromatic carbocycles. The molecule has 0 aliphatic heterocycles. The molecular formula is C7H8O5. The second-order valence-electron chi connectivity index (χ2n) is 1.98. The molecule has 0 saturated heterocycles. The molecule has 1 aromatic heterocycles. The molecule has 5 heteroatoms. The maximum absolute atomic E-state index is 10.5. The van der Waals surface area contributed by atoms with Gasteiger partial charge in [-0.3, -0.25) is 0 Å². The first-order valence-corrected chi connectivity index (χ1v) is 3.14. The van der Waals surface area contributed by atoms with Gasteiger partial charge in [0.1, 0.15) is 5.56 Å². The Morgan fingerprint density at radius 3 is 2.50 bits per heavy atom. The SMILES string of the molecule is COc1cc(C(=O)O)c(OC)o1. The number of hydrogen-bond acceptors (Lipinski definition) is 4. The predicted molar refractivity (Wildman–Crippen MR) is 38.8 cm³/mol. The molecule has 1 rings (SSSR count). The molecule has 0 bridgehead atoms. The van der Waals surface area contributed by atoms with E-state index in [-0.39, 0.29) is 17.5 Å². The first-order valence-electron chi connectivity index (χ1n) is 3.14. The fourth-order valence-corrected chi connectivity index (χ4v) is 0.754. The summed E-state index contributed by atoms with van der Waals surface area (Å²) in [5, 5.41) is 8.61. The number of furan rings is 1. The van der Waals surface area contributed by atoms with E-state index in [0.717, 1.165) is 0 Å². The van der Waals surface area contributed by atoms with Crippen LogP contribution in [0.5, 0.6) is 11.9 Å². The van der Waals surface area contributed by atoms with Crippen LogP contribution < -0.4 is 9.47 Å². The van der Waals surface area contributed by atoms with Crippen LogP contribution in [0.1, 0.15) is 10.4 Å². The normalized spacial score (nSPS) is 9.50. The summed E-state index contributed by atoms with van der Waals surface area (Å²) in [6.45, 7) is 0. The summed E-state index contributed by atoms with van der Waals surface area (Å²) in [5.74, 6) is -1.05. The second kappa shape index (κ2) is 3.17. The molecule has 66 valence electrons.